The van der Waals surface area contributed by atoms with Gasteiger partial charge in [-0.3, -0.25) is 4.79 Å². The SMILES string of the molecule is CCC(C)(O)CC(C)OC(=O)C(C)(C)CC. The maximum Gasteiger partial charge on any atom is 0.311 e. The number of hydrogen-bond donors (Lipinski definition) is 1. The van der Waals surface area contributed by atoms with E-state index in [0.717, 1.165) is 6.42 Å². The highest BCUT2D eigenvalue weighted by Gasteiger charge is 2.30. The number of carbonyl (C=O) groups excluding carboxylic acids is 1. The summed E-state index contributed by atoms with van der Waals surface area (Å²) in [5.41, 5.74) is -1.19. The van der Waals surface area contributed by atoms with Gasteiger partial charge in [0.1, 0.15) is 6.10 Å². The van der Waals surface area contributed by atoms with Crippen LogP contribution in [0.4, 0.5) is 0 Å². The van der Waals surface area contributed by atoms with E-state index in [-0.39, 0.29) is 12.1 Å². The number of rotatable bonds is 6. The van der Waals surface area contributed by atoms with Crippen molar-refractivity contribution in [1.82, 2.24) is 0 Å². The Morgan fingerprint density at radius 1 is 1.25 bits per heavy atom. The van der Waals surface area contributed by atoms with Crippen LogP contribution < -0.4 is 0 Å². The minimum absolute atomic E-state index is 0.186. The zero-order valence-electron chi connectivity index (χ0n) is 11.5. The molecular formula is C13H26O3. The number of hydrogen-bond acceptors (Lipinski definition) is 3. The van der Waals surface area contributed by atoms with Crippen LogP contribution in [0.3, 0.4) is 0 Å². The van der Waals surface area contributed by atoms with Crippen LogP contribution in [0.2, 0.25) is 0 Å². The maximum atomic E-state index is 11.8. The Labute approximate surface area is 99.2 Å². The summed E-state index contributed by atoms with van der Waals surface area (Å²) in [5, 5.41) is 9.88. The van der Waals surface area contributed by atoms with Gasteiger partial charge in [-0.05, 0) is 40.5 Å². The first-order valence-corrected chi connectivity index (χ1v) is 6.08. The molecule has 3 nitrogen and oxygen atoms in total. The van der Waals surface area contributed by atoms with Crippen molar-refractivity contribution in [2.24, 2.45) is 5.41 Å². The van der Waals surface area contributed by atoms with Crippen LogP contribution in [0.1, 0.15) is 60.8 Å². The van der Waals surface area contributed by atoms with Crippen LogP contribution in [-0.2, 0) is 9.53 Å². The summed E-state index contributed by atoms with van der Waals surface area (Å²) in [7, 11) is 0. The predicted octanol–water partition coefficient (Wildman–Crippen LogP) is 2.91. The molecule has 0 aromatic carbocycles. The van der Waals surface area contributed by atoms with Crippen LogP contribution >= 0.6 is 0 Å². The molecule has 0 rings (SSSR count). The highest BCUT2D eigenvalue weighted by molar-refractivity contribution is 5.75. The van der Waals surface area contributed by atoms with Crippen molar-refractivity contribution < 1.29 is 14.6 Å². The van der Waals surface area contributed by atoms with Gasteiger partial charge in [0, 0.05) is 6.42 Å². The van der Waals surface area contributed by atoms with E-state index in [1.807, 2.05) is 34.6 Å². The number of esters is 1. The van der Waals surface area contributed by atoms with Crippen molar-refractivity contribution in [1.29, 1.82) is 0 Å². The highest BCUT2D eigenvalue weighted by atomic mass is 16.5. The lowest BCUT2D eigenvalue weighted by atomic mass is 9.90. The summed E-state index contributed by atoms with van der Waals surface area (Å²) in [6, 6.07) is 0. The van der Waals surface area contributed by atoms with E-state index in [1.165, 1.54) is 0 Å². The highest BCUT2D eigenvalue weighted by Crippen LogP contribution is 2.24. The van der Waals surface area contributed by atoms with Gasteiger partial charge in [-0.1, -0.05) is 13.8 Å². The van der Waals surface area contributed by atoms with Crippen molar-refractivity contribution in [2.75, 3.05) is 0 Å². The molecule has 0 amide bonds. The van der Waals surface area contributed by atoms with Crippen molar-refractivity contribution in [3.8, 4) is 0 Å². The summed E-state index contributed by atoms with van der Waals surface area (Å²) < 4.78 is 5.34. The van der Waals surface area contributed by atoms with Crippen LogP contribution in [0.25, 0.3) is 0 Å². The first-order valence-electron chi connectivity index (χ1n) is 6.08. The molecule has 3 heteroatoms. The number of carbonyl (C=O) groups is 1. The summed E-state index contributed by atoms with van der Waals surface area (Å²) in [6.45, 7) is 11.2. The van der Waals surface area contributed by atoms with E-state index in [9.17, 15) is 9.90 Å². The Morgan fingerprint density at radius 2 is 1.75 bits per heavy atom. The molecule has 0 aromatic heterocycles. The first kappa shape index (κ1) is 15.4. The molecule has 0 saturated carbocycles. The van der Waals surface area contributed by atoms with E-state index in [1.54, 1.807) is 6.92 Å². The smallest absolute Gasteiger partial charge is 0.311 e. The minimum Gasteiger partial charge on any atom is -0.462 e. The third kappa shape index (κ3) is 4.97. The Bertz CT molecular complexity index is 231. The average molecular weight is 230 g/mol. The monoisotopic (exact) mass is 230 g/mol. The van der Waals surface area contributed by atoms with Gasteiger partial charge in [-0.25, -0.2) is 0 Å². The molecule has 1 N–H and O–H groups in total. The fourth-order valence-corrected chi connectivity index (χ4v) is 1.29. The molecular weight excluding hydrogens is 204 g/mol. The Hall–Kier alpha value is -0.570. The second kappa shape index (κ2) is 5.67. The summed E-state index contributed by atoms with van der Waals surface area (Å²) in [6.07, 6.45) is 1.65. The molecule has 96 valence electrons. The van der Waals surface area contributed by atoms with Gasteiger partial charge in [0.25, 0.3) is 0 Å². The van der Waals surface area contributed by atoms with Gasteiger partial charge in [0.2, 0.25) is 0 Å². The molecule has 0 spiro atoms. The summed E-state index contributed by atoms with van der Waals surface area (Å²) in [4.78, 5) is 11.8. The lowest BCUT2D eigenvalue weighted by molar-refractivity contribution is -0.161. The molecule has 0 aliphatic rings. The Balaban J connectivity index is 4.26. The molecule has 0 radical (unpaired) electrons. The van der Waals surface area contributed by atoms with Crippen molar-refractivity contribution >= 4 is 5.97 Å². The van der Waals surface area contributed by atoms with Crippen molar-refractivity contribution in [3.05, 3.63) is 0 Å². The average Bonchev–Trinajstić information content (AvgIpc) is 2.16. The topological polar surface area (TPSA) is 46.5 Å². The third-order valence-electron chi connectivity index (χ3n) is 3.23. The molecule has 0 aromatic rings. The van der Waals surface area contributed by atoms with E-state index < -0.39 is 11.0 Å². The Morgan fingerprint density at radius 3 is 2.12 bits per heavy atom. The largest absolute Gasteiger partial charge is 0.462 e. The van der Waals surface area contributed by atoms with Gasteiger partial charge in [0.05, 0.1) is 11.0 Å². The maximum absolute atomic E-state index is 11.8. The van der Waals surface area contributed by atoms with Gasteiger partial charge in [-0.2, -0.15) is 0 Å². The summed E-state index contributed by atoms with van der Waals surface area (Å²) in [5.74, 6) is -0.186. The lowest BCUT2D eigenvalue weighted by Crippen LogP contribution is -2.34. The van der Waals surface area contributed by atoms with Crippen molar-refractivity contribution in [2.45, 2.75) is 72.5 Å². The van der Waals surface area contributed by atoms with Gasteiger partial charge in [-0.15, -0.1) is 0 Å². The normalized spacial score (nSPS) is 17.7. The van der Waals surface area contributed by atoms with Gasteiger partial charge < -0.3 is 9.84 Å². The van der Waals surface area contributed by atoms with E-state index in [0.29, 0.717) is 12.8 Å². The second-order valence-corrected chi connectivity index (χ2v) is 5.51. The molecule has 0 aliphatic carbocycles. The number of ether oxygens (including phenoxy) is 1. The fraction of sp³-hybridized carbons (Fsp3) is 0.923. The van der Waals surface area contributed by atoms with Crippen LogP contribution in [0.5, 0.6) is 0 Å². The molecule has 0 bridgehead atoms. The zero-order chi connectivity index (χ0) is 13.0. The second-order valence-electron chi connectivity index (χ2n) is 5.51. The quantitative estimate of drug-likeness (QED) is 0.714. The minimum atomic E-state index is -0.754. The van der Waals surface area contributed by atoms with Crippen LogP contribution in [-0.4, -0.2) is 22.8 Å². The molecule has 0 fully saturated rings. The Kier molecular flexibility index (Phi) is 5.47. The van der Waals surface area contributed by atoms with E-state index in [2.05, 4.69) is 0 Å². The van der Waals surface area contributed by atoms with Gasteiger partial charge in [0.15, 0.2) is 0 Å². The molecule has 0 aliphatic heterocycles. The first-order chi connectivity index (χ1) is 7.14. The van der Waals surface area contributed by atoms with Crippen molar-refractivity contribution in [3.63, 3.8) is 0 Å². The lowest BCUT2D eigenvalue weighted by Gasteiger charge is -2.28. The molecule has 2 unspecified atom stereocenters. The molecule has 16 heavy (non-hydrogen) atoms. The molecule has 0 heterocycles. The standard InChI is InChI=1S/C13H26O3/c1-7-12(4,5)11(14)16-10(3)9-13(6,15)8-2/h10,15H,7-9H2,1-6H3. The third-order valence-corrected chi connectivity index (χ3v) is 3.23. The van der Waals surface area contributed by atoms with E-state index >= 15 is 0 Å². The zero-order valence-corrected chi connectivity index (χ0v) is 11.5. The fourth-order valence-electron chi connectivity index (χ4n) is 1.29. The molecule has 0 saturated heterocycles. The van der Waals surface area contributed by atoms with Gasteiger partial charge >= 0.3 is 5.97 Å². The predicted molar refractivity (Wildman–Crippen MR) is 65.2 cm³/mol. The van der Waals surface area contributed by atoms with Crippen LogP contribution in [0.15, 0.2) is 0 Å². The summed E-state index contributed by atoms with van der Waals surface area (Å²) >= 11 is 0. The number of aliphatic hydroxyl groups is 1. The van der Waals surface area contributed by atoms with Crippen LogP contribution in [0, 0.1) is 5.41 Å². The van der Waals surface area contributed by atoms with E-state index in [4.69, 9.17) is 4.74 Å². The molecule has 2 atom stereocenters.